The molecule has 0 aliphatic rings. The first-order valence-corrected chi connectivity index (χ1v) is 5.35. The summed E-state index contributed by atoms with van der Waals surface area (Å²) in [5.41, 5.74) is 0.526. The fourth-order valence-corrected chi connectivity index (χ4v) is 1.72. The number of halogens is 2. The Kier molecular flexibility index (Phi) is 3.02. The maximum Gasteiger partial charge on any atom is 0.213 e. The molecule has 80 valence electrons. The number of hydrogen-bond donors (Lipinski definition) is 0. The molecule has 3 nitrogen and oxygen atoms in total. The van der Waals surface area contributed by atoms with E-state index >= 15 is 0 Å². The lowest BCUT2D eigenvalue weighted by Crippen LogP contribution is -2.03. The number of aromatic nitrogens is 2. The minimum atomic E-state index is -0.299. The summed E-state index contributed by atoms with van der Waals surface area (Å²) in [6.07, 6.45) is 3.18. The highest BCUT2D eigenvalue weighted by molar-refractivity contribution is 9.10. The Hall–Kier alpha value is -1.67. The van der Waals surface area contributed by atoms with Crippen LogP contribution in [0.1, 0.15) is 11.4 Å². The second-order valence-electron chi connectivity index (χ2n) is 3.23. The number of imidazole rings is 1. The largest absolute Gasteiger partial charge is 0.318 e. The van der Waals surface area contributed by atoms with Gasteiger partial charge in [0, 0.05) is 22.4 Å². The Morgan fingerprint density at radius 1 is 1.50 bits per heavy atom. The van der Waals surface area contributed by atoms with Crippen LogP contribution in [-0.2, 0) is 6.54 Å². The first kappa shape index (κ1) is 10.8. The molecular formula is C11H7BrFN3. The summed E-state index contributed by atoms with van der Waals surface area (Å²) >= 11 is 3.19. The second-order valence-corrected chi connectivity index (χ2v) is 4.14. The number of rotatable bonds is 2. The van der Waals surface area contributed by atoms with E-state index in [-0.39, 0.29) is 11.6 Å². The van der Waals surface area contributed by atoms with Gasteiger partial charge in [-0.2, -0.15) is 5.26 Å². The van der Waals surface area contributed by atoms with Crippen LogP contribution in [0.4, 0.5) is 4.39 Å². The quantitative estimate of drug-likeness (QED) is 0.848. The molecule has 0 bridgehead atoms. The van der Waals surface area contributed by atoms with E-state index in [4.69, 9.17) is 5.26 Å². The predicted molar refractivity (Wildman–Crippen MR) is 60.1 cm³/mol. The molecule has 0 aliphatic heterocycles. The van der Waals surface area contributed by atoms with Gasteiger partial charge in [-0.1, -0.05) is 22.0 Å². The Labute approximate surface area is 100 Å². The SMILES string of the molecule is N#Cc1nccn1Cc1ccc(Br)cc1F. The van der Waals surface area contributed by atoms with Crippen LogP contribution in [0.5, 0.6) is 0 Å². The topological polar surface area (TPSA) is 41.6 Å². The van der Waals surface area contributed by atoms with Crippen molar-refractivity contribution in [1.82, 2.24) is 9.55 Å². The standard InChI is InChI=1S/C11H7BrFN3/c12-9-2-1-8(10(13)5-9)7-16-4-3-15-11(16)6-14/h1-5H,7H2. The van der Waals surface area contributed by atoms with Gasteiger partial charge < -0.3 is 4.57 Å². The Morgan fingerprint density at radius 3 is 3.00 bits per heavy atom. The van der Waals surface area contributed by atoms with E-state index in [1.54, 1.807) is 22.9 Å². The van der Waals surface area contributed by atoms with Gasteiger partial charge >= 0.3 is 0 Å². The van der Waals surface area contributed by atoms with Gasteiger partial charge in [-0.3, -0.25) is 0 Å². The summed E-state index contributed by atoms with van der Waals surface area (Å²) in [5, 5.41) is 8.76. The zero-order valence-corrected chi connectivity index (χ0v) is 9.78. The van der Waals surface area contributed by atoms with Crippen molar-refractivity contribution in [1.29, 1.82) is 5.26 Å². The highest BCUT2D eigenvalue weighted by Gasteiger charge is 2.06. The summed E-state index contributed by atoms with van der Waals surface area (Å²) in [7, 11) is 0. The maximum absolute atomic E-state index is 13.5. The van der Waals surface area contributed by atoms with Crippen molar-refractivity contribution < 1.29 is 4.39 Å². The second kappa shape index (κ2) is 4.45. The number of hydrogen-bond acceptors (Lipinski definition) is 2. The lowest BCUT2D eigenvalue weighted by molar-refractivity contribution is 0.597. The fourth-order valence-electron chi connectivity index (χ4n) is 1.38. The van der Waals surface area contributed by atoms with Gasteiger partial charge in [0.2, 0.25) is 5.82 Å². The van der Waals surface area contributed by atoms with E-state index in [1.807, 2.05) is 6.07 Å². The molecular weight excluding hydrogens is 273 g/mol. The molecule has 0 fully saturated rings. The van der Waals surface area contributed by atoms with Crippen LogP contribution in [0.3, 0.4) is 0 Å². The van der Waals surface area contributed by atoms with Crippen molar-refractivity contribution in [2.45, 2.75) is 6.54 Å². The molecule has 1 aromatic heterocycles. The van der Waals surface area contributed by atoms with E-state index in [2.05, 4.69) is 20.9 Å². The van der Waals surface area contributed by atoms with Gasteiger partial charge in [0.1, 0.15) is 11.9 Å². The normalized spacial score (nSPS) is 10.1. The Balaban J connectivity index is 2.31. The third kappa shape index (κ3) is 2.12. The van der Waals surface area contributed by atoms with Crippen molar-refractivity contribution in [2.75, 3.05) is 0 Å². The third-order valence-electron chi connectivity index (χ3n) is 2.17. The predicted octanol–water partition coefficient (Wildman–Crippen LogP) is 2.70. The molecule has 0 saturated heterocycles. The van der Waals surface area contributed by atoms with Crippen LogP contribution in [-0.4, -0.2) is 9.55 Å². The summed E-state index contributed by atoms with van der Waals surface area (Å²) in [5.74, 6) is -0.0192. The van der Waals surface area contributed by atoms with E-state index in [0.29, 0.717) is 16.6 Å². The number of nitriles is 1. The van der Waals surface area contributed by atoms with Crippen LogP contribution in [0.25, 0.3) is 0 Å². The molecule has 0 amide bonds. The zero-order valence-electron chi connectivity index (χ0n) is 8.19. The highest BCUT2D eigenvalue weighted by atomic mass is 79.9. The average Bonchev–Trinajstić information content (AvgIpc) is 2.69. The van der Waals surface area contributed by atoms with Gasteiger partial charge in [-0.15, -0.1) is 0 Å². The van der Waals surface area contributed by atoms with Crippen LogP contribution in [0.15, 0.2) is 35.1 Å². The van der Waals surface area contributed by atoms with Crippen molar-refractivity contribution >= 4 is 15.9 Å². The van der Waals surface area contributed by atoms with Crippen LogP contribution >= 0.6 is 15.9 Å². The molecule has 2 rings (SSSR count). The fraction of sp³-hybridized carbons (Fsp3) is 0.0909. The first-order valence-electron chi connectivity index (χ1n) is 4.56. The minimum Gasteiger partial charge on any atom is -0.318 e. The first-order chi connectivity index (χ1) is 7.70. The van der Waals surface area contributed by atoms with Gasteiger partial charge in [0.05, 0.1) is 6.54 Å². The maximum atomic E-state index is 13.5. The van der Waals surface area contributed by atoms with Gasteiger partial charge in [-0.05, 0) is 12.1 Å². The molecule has 0 N–H and O–H groups in total. The van der Waals surface area contributed by atoms with Crippen molar-refractivity contribution in [3.63, 3.8) is 0 Å². The lowest BCUT2D eigenvalue weighted by Gasteiger charge is -2.05. The zero-order chi connectivity index (χ0) is 11.5. The van der Waals surface area contributed by atoms with Crippen LogP contribution < -0.4 is 0 Å². The third-order valence-corrected chi connectivity index (χ3v) is 2.66. The smallest absolute Gasteiger partial charge is 0.213 e. The minimum absolute atomic E-state index is 0.280. The van der Waals surface area contributed by atoms with Crippen LogP contribution in [0, 0.1) is 17.1 Å². The summed E-state index contributed by atoms with van der Waals surface area (Å²) in [6.45, 7) is 0.308. The van der Waals surface area contributed by atoms with Gasteiger partial charge in [0.25, 0.3) is 0 Å². The van der Waals surface area contributed by atoms with Crippen molar-refractivity contribution in [3.05, 3.63) is 52.3 Å². The summed E-state index contributed by atoms with van der Waals surface area (Å²) in [4.78, 5) is 3.85. The summed E-state index contributed by atoms with van der Waals surface area (Å²) < 4.78 is 15.8. The van der Waals surface area contributed by atoms with Gasteiger partial charge in [-0.25, -0.2) is 9.37 Å². The van der Waals surface area contributed by atoms with E-state index in [0.717, 1.165) is 0 Å². The van der Waals surface area contributed by atoms with Crippen molar-refractivity contribution in [2.24, 2.45) is 0 Å². The summed E-state index contributed by atoms with van der Waals surface area (Å²) in [6, 6.07) is 6.79. The molecule has 16 heavy (non-hydrogen) atoms. The highest BCUT2D eigenvalue weighted by Crippen LogP contribution is 2.16. The Morgan fingerprint density at radius 2 is 2.31 bits per heavy atom. The average molecular weight is 280 g/mol. The van der Waals surface area contributed by atoms with Crippen LogP contribution in [0.2, 0.25) is 0 Å². The molecule has 0 atom stereocenters. The molecule has 0 aliphatic carbocycles. The molecule has 5 heteroatoms. The van der Waals surface area contributed by atoms with Gasteiger partial charge in [0.15, 0.2) is 0 Å². The number of nitrogens with zero attached hydrogens (tertiary/aromatic N) is 3. The number of benzene rings is 1. The molecule has 0 spiro atoms. The lowest BCUT2D eigenvalue weighted by atomic mass is 10.2. The molecule has 0 saturated carbocycles. The molecule has 1 heterocycles. The Bertz CT molecular complexity index is 557. The van der Waals surface area contributed by atoms with E-state index in [1.165, 1.54) is 12.3 Å². The molecule has 2 aromatic rings. The monoisotopic (exact) mass is 279 g/mol. The molecule has 0 radical (unpaired) electrons. The molecule has 1 aromatic carbocycles. The molecule has 0 unspecified atom stereocenters. The van der Waals surface area contributed by atoms with E-state index in [9.17, 15) is 4.39 Å². The van der Waals surface area contributed by atoms with Crippen molar-refractivity contribution in [3.8, 4) is 6.07 Å². The van der Waals surface area contributed by atoms with E-state index < -0.39 is 0 Å².